The molecular weight excluding hydrogens is 288 g/mol. The predicted octanol–water partition coefficient (Wildman–Crippen LogP) is 4.26. The summed E-state index contributed by atoms with van der Waals surface area (Å²) in [5, 5.41) is 6.10. The Balaban J connectivity index is 1.99. The summed E-state index contributed by atoms with van der Waals surface area (Å²) in [7, 11) is 0. The molecule has 0 unspecified atom stereocenters. The third-order valence-electron chi connectivity index (χ3n) is 3.48. The zero-order valence-corrected chi connectivity index (χ0v) is 13.9. The first-order chi connectivity index (χ1) is 11.1. The molecule has 0 saturated carbocycles. The van der Waals surface area contributed by atoms with Crippen LogP contribution in [0.5, 0.6) is 5.75 Å². The Labute approximate surface area is 137 Å². The Morgan fingerprint density at radius 3 is 2.39 bits per heavy atom. The lowest BCUT2D eigenvalue weighted by Crippen LogP contribution is -2.22. The number of anilines is 2. The van der Waals surface area contributed by atoms with Crippen molar-refractivity contribution in [1.82, 2.24) is 0 Å². The number of carbonyl (C=O) groups excluding carboxylic acids is 1. The van der Waals surface area contributed by atoms with E-state index in [1.807, 2.05) is 49.4 Å². The number of amides is 1. The topological polar surface area (TPSA) is 50.4 Å². The molecule has 2 N–H and O–H groups in total. The molecule has 23 heavy (non-hydrogen) atoms. The van der Waals surface area contributed by atoms with Crippen molar-refractivity contribution in [2.24, 2.45) is 0 Å². The number of hydrogen-bond donors (Lipinski definition) is 2. The smallest absolute Gasteiger partial charge is 0.243 e. The van der Waals surface area contributed by atoms with Crippen LogP contribution >= 0.6 is 0 Å². The molecule has 2 rings (SSSR count). The highest BCUT2D eigenvalue weighted by atomic mass is 16.5. The van der Waals surface area contributed by atoms with Gasteiger partial charge in [-0.2, -0.15) is 0 Å². The van der Waals surface area contributed by atoms with Crippen molar-refractivity contribution in [2.75, 3.05) is 23.8 Å². The molecule has 0 fully saturated rings. The van der Waals surface area contributed by atoms with Gasteiger partial charge in [0.15, 0.2) is 0 Å². The van der Waals surface area contributed by atoms with E-state index in [9.17, 15) is 4.79 Å². The van der Waals surface area contributed by atoms with Gasteiger partial charge in [-0.05, 0) is 36.6 Å². The third-order valence-corrected chi connectivity index (χ3v) is 3.48. The lowest BCUT2D eigenvalue weighted by molar-refractivity contribution is -0.114. The molecule has 0 spiro atoms. The molecule has 0 aliphatic heterocycles. The fourth-order valence-electron chi connectivity index (χ4n) is 2.38. The van der Waals surface area contributed by atoms with Crippen LogP contribution in [0.25, 0.3) is 0 Å². The van der Waals surface area contributed by atoms with Crippen LogP contribution in [0, 0.1) is 0 Å². The second-order valence-corrected chi connectivity index (χ2v) is 5.57. The Morgan fingerprint density at radius 1 is 1.04 bits per heavy atom. The highest BCUT2D eigenvalue weighted by Crippen LogP contribution is 2.25. The monoisotopic (exact) mass is 312 g/mol. The van der Waals surface area contributed by atoms with E-state index in [2.05, 4.69) is 30.5 Å². The van der Waals surface area contributed by atoms with Gasteiger partial charge in [-0.1, -0.05) is 44.2 Å². The number of rotatable bonds is 7. The van der Waals surface area contributed by atoms with Crippen molar-refractivity contribution in [3.05, 3.63) is 54.1 Å². The maximum Gasteiger partial charge on any atom is 0.243 e. The molecule has 122 valence electrons. The first kappa shape index (κ1) is 16.9. The summed E-state index contributed by atoms with van der Waals surface area (Å²) in [6.07, 6.45) is 0. The maximum absolute atomic E-state index is 12.2. The molecule has 2 aromatic rings. The molecule has 4 heteroatoms. The molecule has 4 nitrogen and oxygen atoms in total. The van der Waals surface area contributed by atoms with Crippen molar-refractivity contribution < 1.29 is 9.53 Å². The van der Waals surface area contributed by atoms with E-state index < -0.39 is 0 Å². The minimum Gasteiger partial charge on any atom is -0.492 e. The zero-order valence-electron chi connectivity index (χ0n) is 13.9. The molecule has 2 aromatic carbocycles. The molecule has 0 heterocycles. The van der Waals surface area contributed by atoms with Gasteiger partial charge < -0.3 is 15.4 Å². The van der Waals surface area contributed by atoms with Crippen LogP contribution in [0.2, 0.25) is 0 Å². The molecule has 0 saturated heterocycles. The summed E-state index contributed by atoms with van der Waals surface area (Å²) < 4.78 is 5.52. The van der Waals surface area contributed by atoms with Crippen LogP contribution in [-0.2, 0) is 4.79 Å². The quantitative estimate of drug-likeness (QED) is 0.803. The van der Waals surface area contributed by atoms with Crippen LogP contribution in [-0.4, -0.2) is 19.1 Å². The SMILES string of the molecule is CCOc1ccccc1NC(=O)CNc1ccccc1C(C)C. The van der Waals surface area contributed by atoms with Crippen LogP contribution < -0.4 is 15.4 Å². The van der Waals surface area contributed by atoms with E-state index in [1.165, 1.54) is 5.56 Å². The van der Waals surface area contributed by atoms with Crippen molar-refractivity contribution in [3.8, 4) is 5.75 Å². The highest BCUT2D eigenvalue weighted by molar-refractivity contribution is 5.95. The van der Waals surface area contributed by atoms with E-state index in [1.54, 1.807) is 0 Å². The van der Waals surface area contributed by atoms with E-state index in [4.69, 9.17) is 4.74 Å². The van der Waals surface area contributed by atoms with E-state index >= 15 is 0 Å². The first-order valence-corrected chi connectivity index (χ1v) is 7.96. The lowest BCUT2D eigenvalue weighted by atomic mass is 10.0. The van der Waals surface area contributed by atoms with Gasteiger partial charge in [0, 0.05) is 5.69 Å². The fraction of sp³-hybridized carbons (Fsp3) is 0.316. The summed E-state index contributed by atoms with van der Waals surface area (Å²) >= 11 is 0. The lowest BCUT2D eigenvalue weighted by Gasteiger charge is -2.15. The largest absolute Gasteiger partial charge is 0.492 e. The number of nitrogens with one attached hydrogen (secondary N) is 2. The number of hydrogen-bond acceptors (Lipinski definition) is 3. The number of ether oxygens (including phenoxy) is 1. The van der Waals surface area contributed by atoms with Crippen molar-refractivity contribution in [3.63, 3.8) is 0 Å². The van der Waals surface area contributed by atoms with Gasteiger partial charge in [-0.15, -0.1) is 0 Å². The van der Waals surface area contributed by atoms with E-state index in [-0.39, 0.29) is 12.5 Å². The molecule has 0 aliphatic carbocycles. The van der Waals surface area contributed by atoms with Crippen LogP contribution in [0.15, 0.2) is 48.5 Å². The Hall–Kier alpha value is -2.49. The van der Waals surface area contributed by atoms with Gasteiger partial charge in [-0.3, -0.25) is 4.79 Å². The van der Waals surface area contributed by atoms with Crippen molar-refractivity contribution >= 4 is 17.3 Å². The van der Waals surface area contributed by atoms with Crippen molar-refractivity contribution in [1.29, 1.82) is 0 Å². The second kappa shape index (κ2) is 8.22. The molecular formula is C19H24N2O2. The standard InChI is InChI=1S/C19H24N2O2/c1-4-23-18-12-8-7-11-17(18)21-19(22)13-20-16-10-6-5-9-15(16)14(2)3/h5-12,14,20H,4,13H2,1-3H3,(H,21,22). The van der Waals surface area contributed by atoms with Gasteiger partial charge in [0.05, 0.1) is 18.8 Å². The molecule has 1 amide bonds. The number of para-hydroxylation sites is 3. The summed E-state index contributed by atoms with van der Waals surface area (Å²) in [6.45, 7) is 6.97. The van der Waals surface area contributed by atoms with Gasteiger partial charge in [0.2, 0.25) is 5.91 Å². The summed E-state index contributed by atoms with van der Waals surface area (Å²) in [6, 6.07) is 15.5. The van der Waals surface area contributed by atoms with Gasteiger partial charge in [0.1, 0.15) is 5.75 Å². The van der Waals surface area contributed by atoms with Crippen LogP contribution in [0.4, 0.5) is 11.4 Å². The average molecular weight is 312 g/mol. The van der Waals surface area contributed by atoms with Gasteiger partial charge >= 0.3 is 0 Å². The normalized spacial score (nSPS) is 10.4. The fourth-order valence-corrected chi connectivity index (χ4v) is 2.38. The minimum atomic E-state index is -0.101. The Morgan fingerprint density at radius 2 is 1.70 bits per heavy atom. The molecule has 0 bridgehead atoms. The Bertz CT molecular complexity index is 653. The highest BCUT2D eigenvalue weighted by Gasteiger charge is 2.09. The minimum absolute atomic E-state index is 0.101. The van der Waals surface area contributed by atoms with Crippen LogP contribution in [0.3, 0.4) is 0 Å². The van der Waals surface area contributed by atoms with Gasteiger partial charge in [0.25, 0.3) is 0 Å². The molecule has 0 aromatic heterocycles. The summed E-state index contributed by atoms with van der Waals surface area (Å²) in [5.74, 6) is 0.988. The predicted molar refractivity (Wildman–Crippen MR) is 95.3 cm³/mol. The molecule has 0 atom stereocenters. The second-order valence-electron chi connectivity index (χ2n) is 5.57. The maximum atomic E-state index is 12.2. The van der Waals surface area contributed by atoms with Crippen LogP contribution in [0.1, 0.15) is 32.3 Å². The Kier molecular flexibility index (Phi) is 6.03. The van der Waals surface area contributed by atoms with Crippen molar-refractivity contribution in [2.45, 2.75) is 26.7 Å². The zero-order chi connectivity index (χ0) is 16.7. The third kappa shape index (κ3) is 4.74. The van der Waals surface area contributed by atoms with E-state index in [0.717, 1.165) is 5.69 Å². The first-order valence-electron chi connectivity index (χ1n) is 7.96. The molecule has 0 radical (unpaired) electrons. The summed E-state index contributed by atoms with van der Waals surface area (Å²) in [5.41, 5.74) is 2.89. The average Bonchev–Trinajstić information content (AvgIpc) is 2.55. The summed E-state index contributed by atoms with van der Waals surface area (Å²) in [4.78, 5) is 12.2. The number of carbonyl (C=O) groups is 1. The van der Waals surface area contributed by atoms with E-state index in [0.29, 0.717) is 24.0 Å². The molecule has 0 aliphatic rings. The van der Waals surface area contributed by atoms with Gasteiger partial charge in [-0.25, -0.2) is 0 Å². The number of benzene rings is 2.